The average molecular weight is 206 g/mol. The number of aromatic nitrogens is 3. The van der Waals surface area contributed by atoms with Gasteiger partial charge in [-0.05, 0) is 18.6 Å². The molecule has 0 amide bonds. The molecule has 0 bridgehead atoms. The molecule has 0 N–H and O–H groups in total. The fourth-order valence-corrected chi connectivity index (χ4v) is 1.32. The van der Waals surface area contributed by atoms with Crippen LogP contribution in [0.5, 0.6) is 0 Å². The smallest absolute Gasteiger partial charge is 0.148 e. The summed E-state index contributed by atoms with van der Waals surface area (Å²) in [5.74, 6) is 0. The predicted molar refractivity (Wildman–Crippen MR) is 55.0 cm³/mol. The van der Waals surface area contributed by atoms with E-state index in [0.717, 1.165) is 16.8 Å². The van der Waals surface area contributed by atoms with Crippen molar-refractivity contribution in [2.75, 3.05) is 0 Å². The average Bonchev–Trinajstić information content (AvgIpc) is 2.18. The van der Waals surface area contributed by atoms with Gasteiger partial charge in [0.25, 0.3) is 0 Å². The van der Waals surface area contributed by atoms with Crippen LogP contribution >= 0.6 is 11.6 Å². The minimum atomic E-state index is 0.393. The highest BCUT2D eigenvalue weighted by Gasteiger charge is 2.00. The molecule has 4 heteroatoms. The molecule has 0 aromatic carbocycles. The Bertz CT molecular complexity index is 413. The van der Waals surface area contributed by atoms with Gasteiger partial charge in [0.05, 0.1) is 18.1 Å². The van der Waals surface area contributed by atoms with Crippen LogP contribution < -0.4 is 0 Å². The first-order valence-corrected chi connectivity index (χ1v) is 4.53. The van der Waals surface area contributed by atoms with E-state index in [-0.39, 0.29) is 0 Å². The largest absolute Gasteiger partial charge is 0.264 e. The number of aryl methyl sites for hydroxylation is 1. The van der Waals surface area contributed by atoms with Gasteiger partial charge in [0.1, 0.15) is 5.15 Å². The van der Waals surface area contributed by atoms with Crippen molar-refractivity contribution in [2.45, 2.75) is 6.92 Å². The van der Waals surface area contributed by atoms with Crippen molar-refractivity contribution in [3.8, 4) is 11.3 Å². The molecule has 0 saturated heterocycles. The molecule has 0 atom stereocenters. The number of hydrogen-bond acceptors (Lipinski definition) is 3. The molecule has 0 fully saturated rings. The van der Waals surface area contributed by atoms with Crippen LogP contribution in [0.25, 0.3) is 11.3 Å². The summed E-state index contributed by atoms with van der Waals surface area (Å²) in [6.45, 7) is 1.98. The lowest BCUT2D eigenvalue weighted by Gasteiger charge is -2.00. The van der Waals surface area contributed by atoms with E-state index in [4.69, 9.17) is 11.6 Å². The Balaban J connectivity index is 2.49. The van der Waals surface area contributed by atoms with Crippen molar-refractivity contribution in [1.29, 1.82) is 0 Å². The van der Waals surface area contributed by atoms with E-state index in [1.165, 1.54) is 6.20 Å². The van der Waals surface area contributed by atoms with Crippen LogP contribution in [0.1, 0.15) is 5.56 Å². The third kappa shape index (κ3) is 1.88. The maximum atomic E-state index is 5.74. The van der Waals surface area contributed by atoms with E-state index in [0.29, 0.717) is 5.15 Å². The molecule has 0 saturated carbocycles. The van der Waals surface area contributed by atoms with Gasteiger partial charge < -0.3 is 0 Å². The second kappa shape index (κ2) is 3.72. The van der Waals surface area contributed by atoms with Gasteiger partial charge in [0.2, 0.25) is 0 Å². The number of halogens is 1. The fourth-order valence-electron chi connectivity index (χ4n) is 1.18. The highest BCUT2D eigenvalue weighted by atomic mass is 35.5. The molecule has 0 radical (unpaired) electrons. The van der Waals surface area contributed by atoms with Crippen molar-refractivity contribution in [3.05, 3.63) is 41.6 Å². The van der Waals surface area contributed by atoms with Gasteiger partial charge in [-0.1, -0.05) is 11.6 Å². The first-order valence-electron chi connectivity index (χ1n) is 4.15. The number of pyridine rings is 1. The number of rotatable bonds is 1. The second-order valence-corrected chi connectivity index (χ2v) is 3.37. The Labute approximate surface area is 86.8 Å². The van der Waals surface area contributed by atoms with Gasteiger partial charge >= 0.3 is 0 Å². The maximum absolute atomic E-state index is 5.74. The monoisotopic (exact) mass is 205 g/mol. The van der Waals surface area contributed by atoms with Crippen LogP contribution in [0.15, 0.2) is 30.9 Å². The summed E-state index contributed by atoms with van der Waals surface area (Å²) >= 11 is 5.74. The Morgan fingerprint density at radius 1 is 1.07 bits per heavy atom. The lowest BCUT2D eigenvalue weighted by Crippen LogP contribution is -1.87. The molecular weight excluding hydrogens is 198 g/mol. The van der Waals surface area contributed by atoms with Gasteiger partial charge in [-0.15, -0.1) is 0 Å². The molecule has 2 rings (SSSR count). The zero-order chi connectivity index (χ0) is 9.97. The summed E-state index contributed by atoms with van der Waals surface area (Å²) in [6.07, 6.45) is 6.71. The van der Waals surface area contributed by atoms with E-state index < -0.39 is 0 Å². The number of nitrogens with zero attached hydrogens (tertiary/aromatic N) is 3. The Hall–Kier alpha value is -1.48. The summed E-state index contributed by atoms with van der Waals surface area (Å²) in [5, 5.41) is 0.393. The van der Waals surface area contributed by atoms with Gasteiger partial charge in [0.15, 0.2) is 0 Å². The minimum absolute atomic E-state index is 0.393. The molecule has 70 valence electrons. The zero-order valence-corrected chi connectivity index (χ0v) is 8.36. The van der Waals surface area contributed by atoms with Crippen molar-refractivity contribution >= 4 is 11.6 Å². The van der Waals surface area contributed by atoms with E-state index in [2.05, 4.69) is 15.0 Å². The van der Waals surface area contributed by atoms with Crippen LogP contribution in [0.3, 0.4) is 0 Å². The third-order valence-electron chi connectivity index (χ3n) is 1.78. The van der Waals surface area contributed by atoms with Crippen LogP contribution in [0.4, 0.5) is 0 Å². The van der Waals surface area contributed by atoms with Crippen molar-refractivity contribution < 1.29 is 0 Å². The van der Waals surface area contributed by atoms with Gasteiger partial charge in [-0.2, -0.15) is 0 Å². The molecule has 2 heterocycles. The molecule has 0 aliphatic heterocycles. The first-order chi connectivity index (χ1) is 6.75. The highest BCUT2D eigenvalue weighted by Crippen LogP contribution is 2.17. The molecule has 0 aliphatic rings. The topological polar surface area (TPSA) is 38.7 Å². The Kier molecular flexibility index (Phi) is 2.41. The summed E-state index contributed by atoms with van der Waals surface area (Å²) in [7, 11) is 0. The molecule has 2 aromatic heterocycles. The van der Waals surface area contributed by atoms with Crippen molar-refractivity contribution in [2.24, 2.45) is 0 Å². The SMILES string of the molecule is Cc1cncc(-c2cncc(Cl)n2)c1. The minimum Gasteiger partial charge on any atom is -0.264 e. The Morgan fingerprint density at radius 3 is 2.57 bits per heavy atom. The van der Waals surface area contributed by atoms with E-state index in [1.54, 1.807) is 18.6 Å². The highest BCUT2D eigenvalue weighted by molar-refractivity contribution is 6.29. The lowest BCUT2D eigenvalue weighted by atomic mass is 10.2. The standard InChI is InChI=1S/C10H8ClN3/c1-7-2-8(4-12-3-7)9-5-13-6-10(11)14-9/h2-6H,1H3. The Morgan fingerprint density at radius 2 is 1.86 bits per heavy atom. The molecule has 14 heavy (non-hydrogen) atoms. The van der Waals surface area contributed by atoms with E-state index in [9.17, 15) is 0 Å². The van der Waals surface area contributed by atoms with E-state index in [1.807, 2.05) is 13.0 Å². The molecule has 0 spiro atoms. The number of hydrogen-bond donors (Lipinski definition) is 0. The molecule has 3 nitrogen and oxygen atoms in total. The zero-order valence-electron chi connectivity index (χ0n) is 7.61. The molecule has 0 aliphatic carbocycles. The third-order valence-corrected chi connectivity index (χ3v) is 1.96. The second-order valence-electron chi connectivity index (χ2n) is 2.98. The fraction of sp³-hybridized carbons (Fsp3) is 0.100. The molecule has 0 unspecified atom stereocenters. The summed E-state index contributed by atoms with van der Waals surface area (Å²) in [4.78, 5) is 12.2. The summed E-state index contributed by atoms with van der Waals surface area (Å²) < 4.78 is 0. The quantitative estimate of drug-likeness (QED) is 0.718. The van der Waals surface area contributed by atoms with E-state index >= 15 is 0 Å². The van der Waals surface area contributed by atoms with Crippen molar-refractivity contribution in [1.82, 2.24) is 15.0 Å². The van der Waals surface area contributed by atoms with Crippen molar-refractivity contribution in [3.63, 3.8) is 0 Å². The molecule has 2 aromatic rings. The summed E-state index contributed by atoms with van der Waals surface area (Å²) in [5.41, 5.74) is 2.76. The predicted octanol–water partition coefficient (Wildman–Crippen LogP) is 2.50. The maximum Gasteiger partial charge on any atom is 0.148 e. The molecular formula is C10H8ClN3. The van der Waals surface area contributed by atoms with Gasteiger partial charge in [-0.3, -0.25) is 9.97 Å². The first kappa shape index (κ1) is 9.09. The van der Waals surface area contributed by atoms with Gasteiger partial charge in [-0.25, -0.2) is 4.98 Å². The van der Waals surface area contributed by atoms with Crippen LogP contribution in [-0.2, 0) is 0 Å². The van der Waals surface area contributed by atoms with Crippen LogP contribution in [0, 0.1) is 6.92 Å². The lowest BCUT2D eigenvalue weighted by molar-refractivity contribution is 1.19. The van der Waals surface area contributed by atoms with Crippen LogP contribution in [-0.4, -0.2) is 15.0 Å². The van der Waals surface area contributed by atoms with Crippen LogP contribution in [0.2, 0.25) is 5.15 Å². The van der Waals surface area contributed by atoms with Gasteiger partial charge in [0, 0.05) is 18.0 Å². The normalized spacial score (nSPS) is 10.1. The summed E-state index contributed by atoms with van der Waals surface area (Å²) in [6, 6.07) is 1.99.